The number of carboxylic acid groups (broad SMARTS) is 1. The number of nitrogens with zero attached hydrogens (tertiary/aromatic N) is 2. The zero-order valence-corrected chi connectivity index (χ0v) is 17.6. The van der Waals surface area contributed by atoms with Gasteiger partial charge in [0, 0.05) is 6.04 Å². The Morgan fingerprint density at radius 3 is 2.47 bits per heavy atom. The fourth-order valence-corrected chi connectivity index (χ4v) is 5.07. The van der Waals surface area contributed by atoms with Crippen LogP contribution in [0.25, 0.3) is 6.08 Å². The number of benzene rings is 2. The molecule has 30 heavy (non-hydrogen) atoms. The van der Waals surface area contributed by atoms with E-state index in [1.807, 2.05) is 41.3 Å². The Kier molecular flexibility index (Phi) is 6.04. The van der Waals surface area contributed by atoms with Gasteiger partial charge in [0.1, 0.15) is 0 Å². The van der Waals surface area contributed by atoms with Crippen molar-refractivity contribution in [3.63, 3.8) is 0 Å². The Morgan fingerprint density at radius 2 is 1.80 bits per heavy atom. The third-order valence-electron chi connectivity index (χ3n) is 5.67. The van der Waals surface area contributed by atoms with Crippen LogP contribution in [0.3, 0.4) is 0 Å². The van der Waals surface area contributed by atoms with Gasteiger partial charge in [-0.05, 0) is 66.4 Å². The summed E-state index contributed by atoms with van der Waals surface area (Å²) in [6.07, 6.45) is 6.26. The second-order valence-electron chi connectivity index (χ2n) is 7.77. The summed E-state index contributed by atoms with van der Waals surface area (Å²) in [4.78, 5) is 31.8. The minimum atomic E-state index is -0.963. The van der Waals surface area contributed by atoms with E-state index in [-0.39, 0.29) is 17.5 Å². The van der Waals surface area contributed by atoms with Crippen LogP contribution in [0.5, 0.6) is 0 Å². The first-order chi connectivity index (χ1) is 14.5. The number of thioether (sulfide) groups is 1. The van der Waals surface area contributed by atoms with Gasteiger partial charge in [-0.15, -0.1) is 0 Å². The number of rotatable bonds is 4. The van der Waals surface area contributed by atoms with E-state index in [9.17, 15) is 9.59 Å². The molecule has 1 heterocycles. The molecule has 2 fully saturated rings. The van der Waals surface area contributed by atoms with Crippen LogP contribution in [0, 0.1) is 5.92 Å². The molecule has 5 nitrogen and oxygen atoms in total. The molecule has 0 radical (unpaired) electrons. The lowest BCUT2D eigenvalue weighted by Crippen LogP contribution is -2.44. The first-order valence-electron chi connectivity index (χ1n) is 10.2. The number of amidine groups is 1. The van der Waals surface area contributed by atoms with E-state index in [0.29, 0.717) is 10.8 Å². The molecule has 1 aliphatic carbocycles. The van der Waals surface area contributed by atoms with Gasteiger partial charge in [0.2, 0.25) is 0 Å². The van der Waals surface area contributed by atoms with Crippen molar-refractivity contribution in [2.24, 2.45) is 10.9 Å². The summed E-state index contributed by atoms with van der Waals surface area (Å²) in [5.74, 6) is -0.551. The van der Waals surface area contributed by atoms with Crippen molar-refractivity contribution in [3.8, 4) is 0 Å². The van der Waals surface area contributed by atoms with Gasteiger partial charge in [-0.3, -0.25) is 9.69 Å². The molecule has 6 heteroatoms. The predicted octanol–water partition coefficient (Wildman–Crippen LogP) is 5.57. The SMILES string of the molecule is C[C@@H]1CCCC[C@@H]1N1C(=O)/C(=C/c2ccc(C(=O)O)cc2)SC1=Nc1ccccc1. The lowest BCUT2D eigenvalue weighted by Gasteiger charge is -2.35. The second-order valence-corrected chi connectivity index (χ2v) is 8.78. The minimum absolute atomic E-state index is 0.0178. The normalized spacial score (nSPS) is 24.6. The largest absolute Gasteiger partial charge is 0.478 e. The maximum atomic E-state index is 13.4. The smallest absolute Gasteiger partial charge is 0.335 e. The Bertz CT molecular complexity index is 999. The van der Waals surface area contributed by atoms with Crippen molar-refractivity contribution in [2.45, 2.75) is 38.6 Å². The third-order valence-corrected chi connectivity index (χ3v) is 6.65. The topological polar surface area (TPSA) is 70.0 Å². The number of hydrogen-bond acceptors (Lipinski definition) is 4. The maximum Gasteiger partial charge on any atom is 0.335 e. The highest BCUT2D eigenvalue weighted by atomic mass is 32.2. The van der Waals surface area contributed by atoms with Crippen molar-refractivity contribution < 1.29 is 14.7 Å². The average molecular weight is 421 g/mol. The number of aromatic carboxylic acids is 1. The standard InChI is InChI=1S/C24H24N2O3S/c1-16-7-5-6-10-20(16)26-22(27)21(15-17-11-13-18(14-12-17)23(28)29)30-24(26)25-19-8-3-2-4-9-19/h2-4,8-9,11-16,20H,5-7,10H2,1H3,(H,28,29)/b21-15-,25-24?/t16-,20+/m1/s1. The molecule has 1 aliphatic heterocycles. The van der Waals surface area contributed by atoms with Crippen molar-refractivity contribution >= 4 is 40.6 Å². The number of aliphatic imine (C=N–C) groups is 1. The molecule has 0 unspecified atom stereocenters. The summed E-state index contributed by atoms with van der Waals surface area (Å²) in [5.41, 5.74) is 1.85. The molecule has 1 amide bonds. The number of para-hydroxylation sites is 1. The third kappa shape index (κ3) is 4.33. The highest BCUT2D eigenvalue weighted by Gasteiger charge is 2.41. The molecule has 0 bridgehead atoms. The number of carbonyl (C=O) groups excluding carboxylic acids is 1. The lowest BCUT2D eigenvalue weighted by molar-refractivity contribution is -0.124. The van der Waals surface area contributed by atoms with Gasteiger partial charge in [0.05, 0.1) is 16.2 Å². The fourth-order valence-electron chi connectivity index (χ4n) is 4.02. The van der Waals surface area contributed by atoms with E-state index in [4.69, 9.17) is 10.1 Å². The van der Waals surface area contributed by atoms with Crippen molar-refractivity contribution in [1.82, 2.24) is 4.90 Å². The van der Waals surface area contributed by atoms with Gasteiger partial charge in [-0.25, -0.2) is 9.79 Å². The lowest BCUT2D eigenvalue weighted by atomic mass is 9.85. The van der Waals surface area contributed by atoms with Crippen LogP contribution in [-0.2, 0) is 4.79 Å². The zero-order chi connectivity index (χ0) is 21.1. The van der Waals surface area contributed by atoms with Crippen LogP contribution in [0.4, 0.5) is 5.69 Å². The Morgan fingerprint density at radius 1 is 1.10 bits per heavy atom. The first kappa shape index (κ1) is 20.4. The van der Waals surface area contributed by atoms with Gasteiger partial charge in [0.15, 0.2) is 5.17 Å². The predicted molar refractivity (Wildman–Crippen MR) is 121 cm³/mol. The van der Waals surface area contributed by atoms with E-state index < -0.39 is 5.97 Å². The number of hydrogen-bond donors (Lipinski definition) is 1. The van der Waals surface area contributed by atoms with Crippen molar-refractivity contribution in [2.75, 3.05) is 0 Å². The second kappa shape index (κ2) is 8.88. The average Bonchev–Trinajstić information content (AvgIpc) is 3.04. The molecule has 4 rings (SSSR count). The van der Waals surface area contributed by atoms with Gasteiger partial charge in [-0.2, -0.15) is 0 Å². The molecule has 154 valence electrons. The fraction of sp³-hybridized carbons (Fsp3) is 0.292. The molecular weight excluding hydrogens is 396 g/mol. The van der Waals surface area contributed by atoms with Crippen LogP contribution >= 0.6 is 11.8 Å². The molecule has 0 spiro atoms. The number of amides is 1. The highest BCUT2D eigenvalue weighted by Crippen LogP contribution is 2.40. The van der Waals surface area contributed by atoms with Crippen LogP contribution in [0.15, 0.2) is 64.5 Å². The Labute approximate surface area is 180 Å². The van der Waals surface area contributed by atoms with E-state index in [0.717, 1.165) is 35.7 Å². The van der Waals surface area contributed by atoms with Gasteiger partial charge in [0.25, 0.3) is 5.91 Å². The molecule has 1 saturated carbocycles. The Balaban J connectivity index is 1.69. The highest BCUT2D eigenvalue weighted by molar-refractivity contribution is 8.18. The number of carboxylic acids is 1. The summed E-state index contributed by atoms with van der Waals surface area (Å²) in [6, 6.07) is 16.4. The van der Waals surface area contributed by atoms with Crippen LogP contribution in [0.1, 0.15) is 48.5 Å². The molecule has 2 aromatic carbocycles. The molecule has 2 atom stereocenters. The summed E-state index contributed by atoms with van der Waals surface area (Å²) in [5, 5.41) is 9.81. The summed E-state index contributed by atoms with van der Waals surface area (Å²) < 4.78 is 0. The van der Waals surface area contributed by atoms with Crippen LogP contribution in [0.2, 0.25) is 0 Å². The van der Waals surface area contributed by atoms with Crippen molar-refractivity contribution in [3.05, 3.63) is 70.6 Å². The van der Waals surface area contributed by atoms with Gasteiger partial charge in [-0.1, -0.05) is 50.1 Å². The summed E-state index contributed by atoms with van der Waals surface area (Å²) >= 11 is 1.39. The van der Waals surface area contributed by atoms with E-state index in [1.54, 1.807) is 24.3 Å². The van der Waals surface area contributed by atoms with E-state index >= 15 is 0 Å². The minimum Gasteiger partial charge on any atom is -0.478 e. The van der Waals surface area contributed by atoms with Crippen LogP contribution in [-0.4, -0.2) is 33.1 Å². The molecular formula is C24H24N2O3S. The molecule has 2 aromatic rings. The molecule has 2 aliphatic rings. The molecule has 0 aromatic heterocycles. The van der Waals surface area contributed by atoms with E-state index in [2.05, 4.69) is 6.92 Å². The van der Waals surface area contributed by atoms with E-state index in [1.165, 1.54) is 18.2 Å². The van der Waals surface area contributed by atoms with Crippen molar-refractivity contribution in [1.29, 1.82) is 0 Å². The quantitative estimate of drug-likeness (QED) is 0.657. The van der Waals surface area contributed by atoms with Gasteiger partial charge < -0.3 is 5.11 Å². The summed E-state index contributed by atoms with van der Waals surface area (Å²) in [6.45, 7) is 2.22. The maximum absolute atomic E-state index is 13.4. The zero-order valence-electron chi connectivity index (χ0n) is 16.8. The first-order valence-corrected chi connectivity index (χ1v) is 11.0. The molecule has 1 N–H and O–H groups in total. The summed E-state index contributed by atoms with van der Waals surface area (Å²) in [7, 11) is 0. The number of carbonyl (C=O) groups is 2. The Hall–Kier alpha value is -2.86. The monoisotopic (exact) mass is 420 g/mol. The van der Waals surface area contributed by atoms with Gasteiger partial charge >= 0.3 is 5.97 Å². The van der Waals surface area contributed by atoms with Crippen LogP contribution < -0.4 is 0 Å². The molecule has 1 saturated heterocycles.